The minimum atomic E-state index is -0.0547. The molecule has 0 N–H and O–H groups in total. The third kappa shape index (κ3) is 8.49. The summed E-state index contributed by atoms with van der Waals surface area (Å²) in [5.74, 6) is 0.427. The molecule has 0 aromatic heterocycles. The van der Waals surface area contributed by atoms with E-state index in [1.807, 2.05) is 0 Å². The lowest BCUT2D eigenvalue weighted by Gasteiger charge is -2.33. The molecule has 0 amide bonds. The van der Waals surface area contributed by atoms with Crippen LogP contribution in [0.2, 0.25) is 0 Å². The summed E-state index contributed by atoms with van der Waals surface area (Å²) in [6, 6.07) is 78.8. The summed E-state index contributed by atoms with van der Waals surface area (Å²) >= 11 is 0. The first kappa shape index (κ1) is 39.5. The Labute approximate surface area is 372 Å². The standard InChI is InChI=1S/C61H50N2/c1-61(54-18-10-4-11-19-54)44-42-60(43-45-61)63(58-34-26-50(27-35-58)47-16-8-3-9-17-47)59-40-32-53(33-41-59)52-30-38-57(39-31-52)62(55-20-12-5-13-21-55)56-36-28-51(29-37-56)49-24-22-48(23-25-49)46-14-6-2-7-15-46/h2-22,24-44,48H,23,45H2,1H3. The molecular weight excluding hydrogens is 761 g/mol. The highest BCUT2D eigenvalue weighted by Gasteiger charge is 2.27. The van der Waals surface area contributed by atoms with Gasteiger partial charge in [-0.15, -0.1) is 0 Å². The van der Waals surface area contributed by atoms with Crippen LogP contribution in [0.4, 0.5) is 28.4 Å². The summed E-state index contributed by atoms with van der Waals surface area (Å²) in [5.41, 5.74) is 16.7. The van der Waals surface area contributed by atoms with Crippen LogP contribution in [0.25, 0.3) is 27.8 Å². The number of para-hydroxylation sites is 1. The van der Waals surface area contributed by atoms with Crippen LogP contribution in [0.15, 0.2) is 261 Å². The molecule has 0 fully saturated rings. The van der Waals surface area contributed by atoms with Crippen molar-refractivity contribution in [3.8, 4) is 22.3 Å². The molecule has 2 aliphatic carbocycles. The van der Waals surface area contributed by atoms with Crippen molar-refractivity contribution < 1.29 is 0 Å². The van der Waals surface area contributed by atoms with E-state index < -0.39 is 0 Å². The van der Waals surface area contributed by atoms with E-state index in [0.717, 1.165) is 41.3 Å². The summed E-state index contributed by atoms with van der Waals surface area (Å²) in [5, 5.41) is 0. The van der Waals surface area contributed by atoms with Crippen LogP contribution in [0.1, 0.15) is 42.4 Å². The lowest BCUT2D eigenvalue weighted by molar-refractivity contribution is 0.595. The van der Waals surface area contributed by atoms with Gasteiger partial charge in [0.05, 0.1) is 0 Å². The molecule has 8 aromatic rings. The molecule has 0 spiro atoms. The molecule has 0 saturated heterocycles. The highest BCUT2D eigenvalue weighted by atomic mass is 15.1. The molecule has 0 aliphatic heterocycles. The molecule has 63 heavy (non-hydrogen) atoms. The molecule has 0 heterocycles. The predicted molar refractivity (Wildman–Crippen MR) is 267 cm³/mol. The van der Waals surface area contributed by atoms with Gasteiger partial charge < -0.3 is 9.80 Å². The first-order valence-electron chi connectivity index (χ1n) is 22.1. The maximum atomic E-state index is 2.39. The normalized spacial score (nSPS) is 16.8. The predicted octanol–water partition coefficient (Wildman–Crippen LogP) is 16.6. The molecule has 304 valence electrons. The number of benzene rings is 8. The van der Waals surface area contributed by atoms with Gasteiger partial charge in [-0.2, -0.15) is 0 Å². The Hall–Kier alpha value is -7.68. The van der Waals surface area contributed by atoms with Gasteiger partial charge in [-0.25, -0.2) is 0 Å². The number of hydrogen-bond donors (Lipinski definition) is 0. The molecule has 2 unspecified atom stereocenters. The first-order chi connectivity index (χ1) is 31.1. The van der Waals surface area contributed by atoms with Crippen LogP contribution >= 0.6 is 0 Å². The molecular formula is C61H50N2. The van der Waals surface area contributed by atoms with E-state index in [0.29, 0.717) is 5.92 Å². The van der Waals surface area contributed by atoms with Gasteiger partial charge in [0.15, 0.2) is 0 Å². The van der Waals surface area contributed by atoms with E-state index >= 15 is 0 Å². The quantitative estimate of drug-likeness (QED) is 0.128. The highest BCUT2D eigenvalue weighted by Crippen LogP contribution is 2.41. The monoisotopic (exact) mass is 810 g/mol. The molecule has 2 aliphatic rings. The Morgan fingerprint density at radius 1 is 0.397 bits per heavy atom. The van der Waals surface area contributed by atoms with Crippen molar-refractivity contribution in [3.05, 3.63) is 277 Å². The third-order valence-electron chi connectivity index (χ3n) is 12.7. The minimum absolute atomic E-state index is 0.0547. The lowest BCUT2D eigenvalue weighted by Crippen LogP contribution is -2.24. The molecule has 8 aromatic carbocycles. The van der Waals surface area contributed by atoms with Crippen molar-refractivity contribution in [1.29, 1.82) is 0 Å². The van der Waals surface area contributed by atoms with Gasteiger partial charge in [-0.05, 0) is 124 Å². The summed E-state index contributed by atoms with van der Waals surface area (Å²) < 4.78 is 0. The largest absolute Gasteiger partial charge is 0.311 e. The Morgan fingerprint density at radius 3 is 1.30 bits per heavy atom. The zero-order valence-electron chi connectivity index (χ0n) is 35.6. The zero-order valence-corrected chi connectivity index (χ0v) is 35.6. The van der Waals surface area contributed by atoms with E-state index in [-0.39, 0.29) is 5.41 Å². The van der Waals surface area contributed by atoms with Gasteiger partial charge in [0, 0.05) is 45.5 Å². The molecule has 2 nitrogen and oxygen atoms in total. The summed E-state index contributed by atoms with van der Waals surface area (Å²) in [6.45, 7) is 2.33. The second kappa shape index (κ2) is 17.7. The number of allylic oxidation sites excluding steroid dienone is 7. The maximum Gasteiger partial charge on any atom is 0.0462 e. The average molecular weight is 811 g/mol. The summed E-state index contributed by atoms with van der Waals surface area (Å²) in [7, 11) is 0. The van der Waals surface area contributed by atoms with Gasteiger partial charge in [-0.1, -0.05) is 195 Å². The second-order valence-electron chi connectivity index (χ2n) is 16.8. The molecule has 0 saturated carbocycles. The zero-order chi connectivity index (χ0) is 42.4. The van der Waals surface area contributed by atoms with Crippen molar-refractivity contribution in [2.24, 2.45) is 0 Å². The summed E-state index contributed by atoms with van der Waals surface area (Å²) in [4.78, 5) is 4.72. The van der Waals surface area contributed by atoms with E-state index in [9.17, 15) is 0 Å². The first-order valence-corrected chi connectivity index (χ1v) is 22.1. The molecule has 2 atom stereocenters. The fourth-order valence-electron chi connectivity index (χ4n) is 9.02. The minimum Gasteiger partial charge on any atom is -0.311 e. The maximum absolute atomic E-state index is 2.39. The van der Waals surface area contributed by atoms with Crippen LogP contribution < -0.4 is 9.80 Å². The van der Waals surface area contributed by atoms with Gasteiger partial charge in [0.1, 0.15) is 0 Å². The van der Waals surface area contributed by atoms with E-state index in [4.69, 9.17) is 0 Å². The number of rotatable bonds is 11. The van der Waals surface area contributed by atoms with Crippen LogP contribution in [0, 0.1) is 0 Å². The fourth-order valence-corrected chi connectivity index (χ4v) is 9.02. The third-order valence-corrected chi connectivity index (χ3v) is 12.7. The Bertz CT molecular complexity index is 2890. The Balaban J connectivity index is 0.907. The van der Waals surface area contributed by atoms with Crippen LogP contribution in [0.5, 0.6) is 0 Å². The summed E-state index contributed by atoms with van der Waals surface area (Å²) in [6.07, 6.45) is 16.0. The number of anilines is 5. The van der Waals surface area contributed by atoms with Crippen LogP contribution in [-0.4, -0.2) is 0 Å². The average Bonchev–Trinajstić information content (AvgIpc) is 3.37. The molecule has 0 radical (unpaired) electrons. The molecule has 10 rings (SSSR count). The topological polar surface area (TPSA) is 6.48 Å². The van der Waals surface area contributed by atoms with E-state index in [1.165, 1.54) is 50.2 Å². The van der Waals surface area contributed by atoms with Gasteiger partial charge in [0.25, 0.3) is 0 Å². The number of nitrogens with zero attached hydrogens (tertiary/aromatic N) is 2. The van der Waals surface area contributed by atoms with E-state index in [2.05, 4.69) is 272 Å². The van der Waals surface area contributed by atoms with Gasteiger partial charge in [-0.3, -0.25) is 0 Å². The van der Waals surface area contributed by atoms with Crippen LogP contribution in [-0.2, 0) is 5.41 Å². The Kier molecular flexibility index (Phi) is 11.1. The fraction of sp³-hybridized carbons (Fsp3) is 0.0820. The second-order valence-corrected chi connectivity index (χ2v) is 16.8. The highest BCUT2D eigenvalue weighted by molar-refractivity contribution is 5.82. The molecule has 2 heteroatoms. The SMILES string of the molecule is CC1(c2ccccc2)C=CC(N(c2ccc(-c3ccccc3)cc2)c2ccc(-c3ccc(N(c4ccccc4)c4ccc(C5=CCC(c6ccccc6)C=C5)cc4)cc3)cc2)=CC1. The van der Waals surface area contributed by atoms with Crippen LogP contribution in [0.3, 0.4) is 0 Å². The van der Waals surface area contributed by atoms with Crippen molar-refractivity contribution >= 4 is 34.0 Å². The van der Waals surface area contributed by atoms with Crippen molar-refractivity contribution in [1.82, 2.24) is 0 Å². The van der Waals surface area contributed by atoms with Gasteiger partial charge in [0.2, 0.25) is 0 Å². The molecule has 0 bridgehead atoms. The van der Waals surface area contributed by atoms with E-state index in [1.54, 1.807) is 0 Å². The number of hydrogen-bond acceptors (Lipinski definition) is 2. The van der Waals surface area contributed by atoms with Crippen molar-refractivity contribution in [2.45, 2.75) is 31.1 Å². The smallest absolute Gasteiger partial charge is 0.0462 e. The van der Waals surface area contributed by atoms with Crippen molar-refractivity contribution in [3.63, 3.8) is 0 Å². The van der Waals surface area contributed by atoms with Crippen molar-refractivity contribution in [2.75, 3.05) is 9.80 Å². The Morgan fingerprint density at radius 2 is 0.825 bits per heavy atom. The lowest BCUT2D eigenvalue weighted by atomic mass is 9.77. The van der Waals surface area contributed by atoms with Gasteiger partial charge >= 0.3 is 0 Å².